The van der Waals surface area contributed by atoms with Gasteiger partial charge in [0, 0.05) is 18.0 Å². The van der Waals surface area contributed by atoms with Crippen molar-refractivity contribution in [1.29, 1.82) is 0 Å². The van der Waals surface area contributed by atoms with Gasteiger partial charge in [-0.3, -0.25) is 4.98 Å². The molecule has 0 saturated heterocycles. The number of rotatable bonds is 6. The van der Waals surface area contributed by atoms with Gasteiger partial charge in [-0.1, -0.05) is 5.16 Å². The first kappa shape index (κ1) is 17.9. The molecule has 3 heterocycles. The van der Waals surface area contributed by atoms with Crippen LogP contribution in [0.5, 0.6) is 5.75 Å². The smallest absolute Gasteiger partial charge is 0.293 e. The summed E-state index contributed by atoms with van der Waals surface area (Å²) < 4.78 is 41.0. The van der Waals surface area contributed by atoms with Crippen LogP contribution in [0.15, 0.2) is 74.8 Å². The average Bonchev–Trinajstić information content (AvgIpc) is 3.38. The van der Waals surface area contributed by atoms with E-state index in [9.17, 15) is 8.42 Å². The van der Waals surface area contributed by atoms with Crippen molar-refractivity contribution < 1.29 is 22.1 Å². The second-order valence-corrected chi connectivity index (χ2v) is 7.85. The third-order valence-corrected chi connectivity index (χ3v) is 5.62. The minimum absolute atomic E-state index is 0.159. The van der Waals surface area contributed by atoms with Crippen LogP contribution < -0.4 is 4.74 Å². The van der Waals surface area contributed by atoms with Gasteiger partial charge in [0.25, 0.3) is 5.89 Å². The Hall–Kier alpha value is -3.46. The topological polar surface area (TPSA) is 108 Å². The molecule has 0 radical (unpaired) electrons. The Morgan fingerprint density at radius 2 is 1.89 bits per heavy atom. The molecule has 1 aromatic carbocycles. The lowest BCUT2D eigenvalue weighted by molar-refractivity contribution is 0.413. The van der Waals surface area contributed by atoms with E-state index in [2.05, 4.69) is 15.1 Å². The van der Waals surface area contributed by atoms with Gasteiger partial charge in [0.1, 0.15) is 17.3 Å². The van der Waals surface area contributed by atoms with E-state index in [0.29, 0.717) is 22.9 Å². The van der Waals surface area contributed by atoms with Crippen molar-refractivity contribution >= 4 is 9.84 Å². The van der Waals surface area contributed by atoms with Gasteiger partial charge in [0.15, 0.2) is 15.6 Å². The van der Waals surface area contributed by atoms with E-state index in [-0.39, 0.29) is 22.3 Å². The number of hydrogen-bond acceptors (Lipinski definition) is 8. The predicted octanol–water partition coefficient (Wildman–Crippen LogP) is 3.37. The van der Waals surface area contributed by atoms with Crippen molar-refractivity contribution in [2.45, 2.75) is 10.6 Å². The van der Waals surface area contributed by atoms with Crippen LogP contribution >= 0.6 is 0 Å². The molecule has 142 valence electrons. The van der Waals surface area contributed by atoms with Crippen molar-refractivity contribution in [1.82, 2.24) is 15.1 Å². The van der Waals surface area contributed by atoms with Crippen LogP contribution in [0.4, 0.5) is 0 Å². The highest BCUT2D eigenvalue weighted by atomic mass is 32.2. The molecule has 0 atom stereocenters. The molecule has 0 aliphatic rings. The molecule has 0 aliphatic carbocycles. The molecule has 0 saturated carbocycles. The van der Waals surface area contributed by atoms with Gasteiger partial charge in [-0.2, -0.15) is 4.98 Å². The molecule has 0 unspecified atom stereocenters. The van der Waals surface area contributed by atoms with Gasteiger partial charge < -0.3 is 13.7 Å². The van der Waals surface area contributed by atoms with E-state index in [1.807, 2.05) is 0 Å². The Kier molecular flexibility index (Phi) is 4.66. The number of nitrogens with zero attached hydrogens (tertiary/aromatic N) is 3. The Labute approximate surface area is 160 Å². The number of sulfone groups is 1. The van der Waals surface area contributed by atoms with Crippen LogP contribution in [-0.4, -0.2) is 30.7 Å². The molecule has 0 aliphatic heterocycles. The van der Waals surface area contributed by atoms with Crippen molar-refractivity contribution in [3.63, 3.8) is 0 Å². The summed E-state index contributed by atoms with van der Waals surface area (Å²) in [6, 6.07) is 12.9. The number of aromatic nitrogens is 3. The summed E-state index contributed by atoms with van der Waals surface area (Å²) in [5.74, 6) is 1.39. The summed E-state index contributed by atoms with van der Waals surface area (Å²) in [4.78, 5) is 8.45. The highest BCUT2D eigenvalue weighted by Crippen LogP contribution is 2.26. The van der Waals surface area contributed by atoms with E-state index in [0.717, 1.165) is 0 Å². The summed E-state index contributed by atoms with van der Waals surface area (Å²) in [6.07, 6.45) is 3.26. The van der Waals surface area contributed by atoms with E-state index >= 15 is 0 Å². The van der Waals surface area contributed by atoms with Gasteiger partial charge in [0.05, 0.1) is 12.0 Å². The zero-order valence-electron chi connectivity index (χ0n) is 14.8. The van der Waals surface area contributed by atoms with Gasteiger partial charge in [0.2, 0.25) is 5.82 Å². The first-order chi connectivity index (χ1) is 13.5. The van der Waals surface area contributed by atoms with E-state index < -0.39 is 9.84 Å². The van der Waals surface area contributed by atoms with Crippen LogP contribution in [-0.2, 0) is 15.6 Å². The highest BCUT2D eigenvalue weighted by Gasteiger charge is 2.20. The van der Waals surface area contributed by atoms with E-state index in [1.54, 1.807) is 48.8 Å². The number of ether oxygens (including phenoxy) is 1. The normalized spacial score (nSPS) is 11.5. The first-order valence-corrected chi connectivity index (χ1v) is 9.90. The molecule has 0 amide bonds. The number of benzene rings is 1. The Balaban J connectivity index is 1.54. The molecule has 28 heavy (non-hydrogen) atoms. The summed E-state index contributed by atoms with van der Waals surface area (Å²) in [5.41, 5.74) is 0.700. The molecular weight excluding hydrogens is 382 g/mol. The minimum atomic E-state index is -3.57. The van der Waals surface area contributed by atoms with Gasteiger partial charge in [-0.05, 0) is 48.5 Å². The van der Waals surface area contributed by atoms with Crippen molar-refractivity contribution in [3.8, 4) is 28.8 Å². The predicted molar refractivity (Wildman–Crippen MR) is 99.1 cm³/mol. The lowest BCUT2D eigenvalue weighted by atomic mass is 10.3. The first-order valence-electron chi connectivity index (χ1n) is 8.25. The van der Waals surface area contributed by atoms with Crippen LogP contribution in [0, 0.1) is 0 Å². The van der Waals surface area contributed by atoms with Gasteiger partial charge >= 0.3 is 0 Å². The standard InChI is InChI=1S/C19H15N3O5S/c1-25-14-4-7-16(8-5-14)28(23,24)12-15-6-9-17(26-15)19-21-18(22-27-19)13-3-2-10-20-11-13/h2-11H,12H2,1H3. The van der Waals surface area contributed by atoms with Crippen LogP contribution in [0.25, 0.3) is 23.0 Å². The fourth-order valence-electron chi connectivity index (χ4n) is 2.56. The van der Waals surface area contributed by atoms with E-state index in [1.165, 1.54) is 19.2 Å². The van der Waals surface area contributed by atoms with Crippen LogP contribution in [0.3, 0.4) is 0 Å². The molecule has 3 aromatic heterocycles. The fourth-order valence-corrected chi connectivity index (χ4v) is 3.81. The largest absolute Gasteiger partial charge is 0.497 e. The maximum absolute atomic E-state index is 12.6. The number of methoxy groups -OCH3 is 1. The van der Waals surface area contributed by atoms with Gasteiger partial charge in [-0.15, -0.1) is 0 Å². The summed E-state index contributed by atoms with van der Waals surface area (Å²) in [6.45, 7) is 0. The quantitative estimate of drug-likeness (QED) is 0.487. The van der Waals surface area contributed by atoms with Crippen LogP contribution in [0.1, 0.15) is 5.76 Å². The SMILES string of the molecule is COc1ccc(S(=O)(=O)Cc2ccc(-c3nc(-c4cccnc4)no3)o2)cc1. The van der Waals surface area contributed by atoms with Gasteiger partial charge in [-0.25, -0.2) is 8.42 Å². The lowest BCUT2D eigenvalue weighted by Gasteiger charge is -2.04. The fraction of sp³-hybridized carbons (Fsp3) is 0.105. The zero-order valence-corrected chi connectivity index (χ0v) is 15.6. The number of hydrogen-bond donors (Lipinski definition) is 0. The monoisotopic (exact) mass is 397 g/mol. The summed E-state index contributed by atoms with van der Waals surface area (Å²) in [7, 11) is -2.05. The maximum Gasteiger partial charge on any atom is 0.293 e. The Bertz CT molecular complexity index is 1180. The van der Waals surface area contributed by atoms with Crippen molar-refractivity contribution in [2.24, 2.45) is 0 Å². The lowest BCUT2D eigenvalue weighted by Crippen LogP contribution is -2.04. The molecule has 4 aromatic rings. The Morgan fingerprint density at radius 3 is 2.61 bits per heavy atom. The second-order valence-electron chi connectivity index (χ2n) is 5.87. The molecular formula is C19H15N3O5S. The van der Waals surface area contributed by atoms with Crippen molar-refractivity contribution in [2.75, 3.05) is 7.11 Å². The number of pyridine rings is 1. The molecule has 0 fully saturated rings. The van der Waals surface area contributed by atoms with Crippen molar-refractivity contribution in [3.05, 3.63) is 66.7 Å². The third kappa shape index (κ3) is 3.65. The minimum Gasteiger partial charge on any atom is -0.497 e. The summed E-state index contributed by atoms with van der Waals surface area (Å²) >= 11 is 0. The van der Waals surface area contributed by atoms with Crippen LogP contribution in [0.2, 0.25) is 0 Å². The Morgan fingerprint density at radius 1 is 1.07 bits per heavy atom. The molecule has 9 heteroatoms. The molecule has 0 bridgehead atoms. The molecule has 0 N–H and O–H groups in total. The molecule has 4 rings (SSSR count). The molecule has 8 nitrogen and oxygen atoms in total. The maximum atomic E-state index is 12.6. The number of furan rings is 1. The second kappa shape index (κ2) is 7.28. The van der Waals surface area contributed by atoms with E-state index in [4.69, 9.17) is 13.7 Å². The zero-order chi connectivity index (χ0) is 19.6. The third-order valence-electron chi connectivity index (χ3n) is 3.97. The average molecular weight is 397 g/mol. The molecule has 0 spiro atoms. The summed E-state index contributed by atoms with van der Waals surface area (Å²) in [5, 5.41) is 3.89. The highest BCUT2D eigenvalue weighted by molar-refractivity contribution is 7.90.